The molecular weight excluding hydrogens is 306 g/mol. The largest absolute Gasteiger partial charge is 0.486 e. The van der Waals surface area contributed by atoms with Crippen molar-refractivity contribution in [3.63, 3.8) is 0 Å². The van der Waals surface area contributed by atoms with Gasteiger partial charge in [-0.05, 0) is 31.2 Å². The van der Waals surface area contributed by atoms with E-state index in [4.69, 9.17) is 18.8 Å². The van der Waals surface area contributed by atoms with Gasteiger partial charge in [-0.15, -0.1) is 0 Å². The zero-order valence-corrected chi connectivity index (χ0v) is 13.7. The SMILES string of the molecule is Cc1ccc(OCc2ccc(-c3nc(C#N)c(N(C)C)o3)o2)cc1. The van der Waals surface area contributed by atoms with Gasteiger partial charge in [-0.3, -0.25) is 0 Å². The van der Waals surface area contributed by atoms with Crippen molar-refractivity contribution in [3.05, 3.63) is 53.4 Å². The van der Waals surface area contributed by atoms with Gasteiger partial charge >= 0.3 is 0 Å². The number of furan rings is 1. The highest BCUT2D eigenvalue weighted by Crippen LogP contribution is 2.28. The maximum Gasteiger partial charge on any atom is 0.266 e. The monoisotopic (exact) mass is 323 g/mol. The first-order valence-electron chi connectivity index (χ1n) is 7.43. The Balaban J connectivity index is 1.74. The first-order valence-corrected chi connectivity index (χ1v) is 7.43. The number of oxazole rings is 1. The number of anilines is 1. The molecule has 6 nitrogen and oxygen atoms in total. The molecule has 0 bridgehead atoms. The predicted octanol–water partition coefficient (Wildman–Crippen LogP) is 3.76. The number of nitrogens with zero attached hydrogens (tertiary/aromatic N) is 3. The van der Waals surface area contributed by atoms with Gasteiger partial charge in [0, 0.05) is 14.1 Å². The Bertz CT molecular complexity index is 870. The van der Waals surface area contributed by atoms with Gasteiger partial charge in [0.1, 0.15) is 24.2 Å². The van der Waals surface area contributed by atoms with Crippen molar-refractivity contribution in [1.82, 2.24) is 4.98 Å². The summed E-state index contributed by atoms with van der Waals surface area (Å²) in [5.74, 6) is 2.56. The van der Waals surface area contributed by atoms with Gasteiger partial charge in [0.2, 0.25) is 11.6 Å². The van der Waals surface area contributed by atoms with Crippen molar-refractivity contribution in [2.75, 3.05) is 19.0 Å². The fraction of sp³-hybridized carbons (Fsp3) is 0.222. The Morgan fingerprint density at radius 3 is 2.50 bits per heavy atom. The lowest BCUT2D eigenvalue weighted by Crippen LogP contribution is -2.08. The maximum absolute atomic E-state index is 9.11. The lowest BCUT2D eigenvalue weighted by atomic mass is 10.2. The highest BCUT2D eigenvalue weighted by Gasteiger charge is 2.18. The van der Waals surface area contributed by atoms with Gasteiger partial charge in [-0.1, -0.05) is 17.7 Å². The molecule has 122 valence electrons. The second-order valence-electron chi connectivity index (χ2n) is 5.55. The summed E-state index contributed by atoms with van der Waals surface area (Å²) < 4.78 is 17.0. The molecule has 1 aromatic carbocycles. The topological polar surface area (TPSA) is 75.4 Å². The third-order valence-electron chi connectivity index (χ3n) is 3.40. The summed E-state index contributed by atoms with van der Waals surface area (Å²) in [6.45, 7) is 2.33. The fourth-order valence-corrected chi connectivity index (χ4v) is 2.15. The summed E-state index contributed by atoms with van der Waals surface area (Å²) in [5.41, 5.74) is 1.40. The van der Waals surface area contributed by atoms with Crippen molar-refractivity contribution in [2.45, 2.75) is 13.5 Å². The van der Waals surface area contributed by atoms with Crippen molar-refractivity contribution in [1.29, 1.82) is 5.26 Å². The van der Waals surface area contributed by atoms with E-state index in [0.717, 1.165) is 5.75 Å². The van der Waals surface area contributed by atoms with Crippen molar-refractivity contribution < 1.29 is 13.6 Å². The van der Waals surface area contributed by atoms with Gasteiger partial charge in [-0.25, -0.2) is 0 Å². The molecule has 0 aliphatic heterocycles. The quantitative estimate of drug-likeness (QED) is 0.711. The average molecular weight is 323 g/mol. The van der Waals surface area contributed by atoms with Crippen LogP contribution in [0.5, 0.6) is 5.75 Å². The van der Waals surface area contributed by atoms with E-state index in [0.29, 0.717) is 24.0 Å². The molecule has 0 N–H and O–H groups in total. The van der Waals surface area contributed by atoms with E-state index >= 15 is 0 Å². The van der Waals surface area contributed by atoms with Crippen molar-refractivity contribution in [2.24, 2.45) is 0 Å². The Labute approximate surface area is 139 Å². The first-order chi connectivity index (χ1) is 11.6. The summed E-state index contributed by atoms with van der Waals surface area (Å²) in [7, 11) is 3.57. The minimum atomic E-state index is 0.226. The maximum atomic E-state index is 9.11. The van der Waals surface area contributed by atoms with Crippen LogP contribution in [0.2, 0.25) is 0 Å². The normalized spacial score (nSPS) is 10.4. The summed E-state index contributed by atoms with van der Waals surface area (Å²) in [6.07, 6.45) is 0. The zero-order valence-electron chi connectivity index (χ0n) is 13.7. The number of hydrogen-bond donors (Lipinski definition) is 0. The minimum absolute atomic E-state index is 0.226. The van der Waals surface area contributed by atoms with E-state index < -0.39 is 0 Å². The lowest BCUT2D eigenvalue weighted by Gasteiger charge is -2.06. The van der Waals surface area contributed by atoms with Crippen LogP contribution in [0.3, 0.4) is 0 Å². The fourth-order valence-electron chi connectivity index (χ4n) is 2.15. The molecular formula is C18H17N3O3. The smallest absolute Gasteiger partial charge is 0.266 e. The number of nitriles is 1. The van der Waals surface area contributed by atoms with Gasteiger partial charge in [0.05, 0.1) is 0 Å². The van der Waals surface area contributed by atoms with Crippen LogP contribution in [0, 0.1) is 18.3 Å². The molecule has 2 heterocycles. The van der Waals surface area contributed by atoms with Crippen LogP contribution in [0.25, 0.3) is 11.7 Å². The second-order valence-corrected chi connectivity index (χ2v) is 5.55. The number of hydrogen-bond acceptors (Lipinski definition) is 6. The summed E-state index contributed by atoms with van der Waals surface area (Å²) >= 11 is 0. The Hall–Kier alpha value is -3.20. The van der Waals surface area contributed by atoms with E-state index in [9.17, 15) is 0 Å². The van der Waals surface area contributed by atoms with Crippen LogP contribution in [0.1, 0.15) is 17.0 Å². The Morgan fingerprint density at radius 1 is 1.12 bits per heavy atom. The molecule has 0 spiro atoms. The molecule has 0 atom stereocenters. The zero-order chi connectivity index (χ0) is 17.1. The molecule has 0 amide bonds. The first kappa shape index (κ1) is 15.7. The van der Waals surface area contributed by atoms with Crippen LogP contribution >= 0.6 is 0 Å². The molecule has 0 unspecified atom stereocenters. The molecule has 6 heteroatoms. The summed E-state index contributed by atoms with van der Waals surface area (Å²) in [4.78, 5) is 5.85. The average Bonchev–Trinajstić information content (AvgIpc) is 3.21. The molecule has 2 aromatic heterocycles. The Morgan fingerprint density at radius 2 is 1.88 bits per heavy atom. The third-order valence-corrected chi connectivity index (χ3v) is 3.40. The van der Waals surface area contributed by atoms with Gasteiger partial charge in [-0.2, -0.15) is 10.2 Å². The number of benzene rings is 1. The van der Waals surface area contributed by atoms with Crippen LogP contribution in [0.15, 0.2) is 45.2 Å². The van der Waals surface area contributed by atoms with E-state index in [-0.39, 0.29) is 11.6 Å². The van der Waals surface area contributed by atoms with E-state index in [2.05, 4.69) is 4.98 Å². The van der Waals surface area contributed by atoms with Gasteiger partial charge in [0.15, 0.2) is 5.76 Å². The van der Waals surface area contributed by atoms with Crippen molar-refractivity contribution in [3.8, 4) is 23.5 Å². The number of aromatic nitrogens is 1. The standard InChI is InChI=1S/C18H17N3O3/c1-12-4-6-13(7-5-12)22-11-14-8-9-16(23-14)17-20-15(10-19)18(24-17)21(2)3/h4-9H,11H2,1-3H3. The Kier molecular flexibility index (Phi) is 4.25. The van der Waals surface area contributed by atoms with E-state index in [1.54, 1.807) is 31.1 Å². The number of aryl methyl sites for hydroxylation is 1. The molecule has 0 saturated heterocycles. The van der Waals surface area contributed by atoms with Crippen LogP contribution in [0.4, 0.5) is 5.88 Å². The number of ether oxygens (including phenoxy) is 1. The van der Waals surface area contributed by atoms with Crippen LogP contribution in [-0.4, -0.2) is 19.1 Å². The van der Waals surface area contributed by atoms with Crippen LogP contribution < -0.4 is 9.64 Å². The predicted molar refractivity (Wildman–Crippen MR) is 88.8 cm³/mol. The van der Waals surface area contributed by atoms with E-state index in [1.807, 2.05) is 37.3 Å². The van der Waals surface area contributed by atoms with Crippen molar-refractivity contribution >= 4 is 5.88 Å². The summed E-state index contributed by atoms with van der Waals surface area (Å²) in [6, 6.07) is 13.4. The van der Waals surface area contributed by atoms with Gasteiger partial charge < -0.3 is 18.5 Å². The van der Waals surface area contributed by atoms with E-state index in [1.165, 1.54) is 5.56 Å². The summed E-state index contributed by atoms with van der Waals surface area (Å²) in [5, 5.41) is 9.11. The molecule has 0 radical (unpaired) electrons. The molecule has 0 aliphatic carbocycles. The number of rotatable bonds is 5. The van der Waals surface area contributed by atoms with Crippen LogP contribution in [-0.2, 0) is 6.61 Å². The lowest BCUT2D eigenvalue weighted by molar-refractivity contribution is 0.271. The molecule has 24 heavy (non-hydrogen) atoms. The third kappa shape index (κ3) is 3.25. The molecule has 3 aromatic rings. The minimum Gasteiger partial charge on any atom is -0.486 e. The molecule has 0 fully saturated rings. The second kappa shape index (κ2) is 6.50. The molecule has 0 aliphatic rings. The molecule has 3 rings (SSSR count). The molecule has 0 saturated carbocycles. The highest BCUT2D eigenvalue weighted by atomic mass is 16.5. The highest BCUT2D eigenvalue weighted by molar-refractivity contribution is 5.55. The van der Waals surface area contributed by atoms with Gasteiger partial charge in [0.25, 0.3) is 5.89 Å².